The first-order chi connectivity index (χ1) is 14.6. The predicted molar refractivity (Wildman–Crippen MR) is 119 cm³/mol. The Kier molecular flexibility index (Phi) is 6.43. The quantitative estimate of drug-likeness (QED) is 0.493. The van der Waals surface area contributed by atoms with Gasteiger partial charge in [0.05, 0.1) is 12.1 Å². The van der Waals surface area contributed by atoms with Crippen molar-refractivity contribution in [1.29, 1.82) is 0 Å². The molecule has 2 saturated heterocycles. The largest absolute Gasteiger partial charge is 0.481 e. The van der Waals surface area contributed by atoms with Crippen molar-refractivity contribution in [2.75, 3.05) is 5.75 Å². The van der Waals surface area contributed by atoms with Gasteiger partial charge in [-0.1, -0.05) is 66.7 Å². The molecule has 30 heavy (non-hydrogen) atoms. The third-order valence-corrected chi connectivity index (χ3v) is 6.89. The Morgan fingerprint density at radius 1 is 1.00 bits per heavy atom. The number of thioether (sulfide) groups is 1. The summed E-state index contributed by atoms with van der Waals surface area (Å²) in [5.41, 5.74) is 2.25. The molecule has 1 N–H and O–H groups in total. The van der Waals surface area contributed by atoms with Crippen LogP contribution in [0.25, 0.3) is 0 Å². The number of aliphatic carboxylic acids is 1. The molecule has 2 aliphatic heterocycles. The first-order valence-corrected chi connectivity index (χ1v) is 11.3. The molecule has 0 aromatic heterocycles. The van der Waals surface area contributed by atoms with Crippen molar-refractivity contribution in [2.24, 2.45) is 0 Å². The third kappa shape index (κ3) is 4.54. The fourth-order valence-electron chi connectivity index (χ4n) is 4.18. The van der Waals surface area contributed by atoms with Crippen molar-refractivity contribution >= 4 is 23.8 Å². The lowest BCUT2D eigenvalue weighted by Crippen LogP contribution is -2.35. The summed E-state index contributed by atoms with van der Waals surface area (Å²) >= 11 is 1.80. The van der Waals surface area contributed by atoms with Gasteiger partial charge >= 0.3 is 12.0 Å². The number of urea groups is 1. The third-order valence-electron chi connectivity index (χ3n) is 5.64. The molecule has 2 fully saturated rings. The van der Waals surface area contributed by atoms with Crippen LogP contribution in [0, 0.1) is 0 Å². The van der Waals surface area contributed by atoms with Crippen molar-refractivity contribution < 1.29 is 14.7 Å². The lowest BCUT2D eigenvalue weighted by Gasteiger charge is -2.23. The van der Waals surface area contributed by atoms with Crippen LogP contribution in [0.15, 0.2) is 71.6 Å². The predicted octanol–water partition coefficient (Wildman–Crippen LogP) is 4.75. The van der Waals surface area contributed by atoms with E-state index in [1.807, 2.05) is 46.2 Å². The molecule has 2 aliphatic rings. The first kappa shape index (κ1) is 20.5. The molecule has 156 valence electrons. The van der Waals surface area contributed by atoms with Crippen molar-refractivity contribution in [2.45, 2.75) is 44.4 Å². The molecule has 2 amide bonds. The van der Waals surface area contributed by atoms with Crippen LogP contribution in [0.4, 0.5) is 4.79 Å². The summed E-state index contributed by atoms with van der Waals surface area (Å²) in [6, 6.07) is 20.5. The summed E-state index contributed by atoms with van der Waals surface area (Å²) in [5, 5.41) is 8.89. The van der Waals surface area contributed by atoms with E-state index < -0.39 is 5.97 Å². The van der Waals surface area contributed by atoms with Crippen molar-refractivity contribution in [3.05, 3.63) is 82.8 Å². The molecule has 5 nitrogen and oxygen atoms in total. The minimum atomic E-state index is -0.763. The van der Waals surface area contributed by atoms with E-state index >= 15 is 0 Å². The normalized spacial score (nSPS) is 22.0. The molecule has 0 aliphatic carbocycles. The highest BCUT2D eigenvalue weighted by Crippen LogP contribution is 2.43. The SMILES string of the molecule is O=C(O)CCCC=C1SC[C@H]2[C@@H]1N(Cc1ccccc1)C(=O)N2Cc1ccccc1. The lowest BCUT2D eigenvalue weighted by atomic mass is 10.1. The molecule has 0 unspecified atom stereocenters. The number of hydrogen-bond acceptors (Lipinski definition) is 3. The highest BCUT2D eigenvalue weighted by atomic mass is 32.2. The highest BCUT2D eigenvalue weighted by molar-refractivity contribution is 8.03. The standard InChI is InChI=1S/C24H26N2O3S/c27-22(28)14-8-7-13-21-23-20(17-30-21)25(15-18-9-3-1-4-10-18)24(29)26(23)16-19-11-5-2-6-12-19/h1-6,9-13,20,23H,7-8,14-17H2,(H,27,28)/t20-,23-/m0/s1. The van der Waals surface area contributed by atoms with Crippen LogP contribution < -0.4 is 0 Å². The van der Waals surface area contributed by atoms with E-state index in [1.165, 1.54) is 4.91 Å². The lowest BCUT2D eigenvalue weighted by molar-refractivity contribution is -0.137. The topological polar surface area (TPSA) is 60.9 Å². The number of fused-ring (bicyclic) bond motifs is 1. The number of allylic oxidation sites excluding steroid dienone is 1. The molecule has 6 heteroatoms. The van der Waals surface area contributed by atoms with E-state index in [2.05, 4.69) is 30.3 Å². The van der Waals surface area contributed by atoms with Crippen LogP contribution in [-0.4, -0.2) is 44.7 Å². The molecule has 0 radical (unpaired) electrons. The second kappa shape index (κ2) is 9.39. The van der Waals surface area contributed by atoms with Gasteiger partial charge in [0.1, 0.15) is 0 Å². The molecule has 0 bridgehead atoms. The van der Waals surface area contributed by atoms with E-state index in [4.69, 9.17) is 5.11 Å². The molecular weight excluding hydrogens is 396 g/mol. The fraction of sp³-hybridized carbons (Fsp3) is 0.333. The Labute approximate surface area is 181 Å². The summed E-state index contributed by atoms with van der Waals surface area (Å²) in [6.45, 7) is 1.19. The number of carbonyl (C=O) groups is 2. The maximum Gasteiger partial charge on any atom is 0.321 e. The Balaban J connectivity index is 1.56. The number of unbranched alkanes of at least 4 members (excludes halogenated alkanes) is 1. The van der Waals surface area contributed by atoms with Gasteiger partial charge in [-0.3, -0.25) is 4.79 Å². The average Bonchev–Trinajstić information content (AvgIpc) is 3.27. The van der Waals surface area contributed by atoms with Crippen LogP contribution in [0.1, 0.15) is 30.4 Å². The second-order valence-corrected chi connectivity index (χ2v) is 8.82. The summed E-state index contributed by atoms with van der Waals surface area (Å²) in [4.78, 5) is 29.4. The molecule has 2 aromatic carbocycles. The second-order valence-electron chi connectivity index (χ2n) is 7.73. The zero-order chi connectivity index (χ0) is 20.9. The van der Waals surface area contributed by atoms with E-state index in [-0.39, 0.29) is 24.5 Å². The molecule has 0 saturated carbocycles. The van der Waals surface area contributed by atoms with Crippen molar-refractivity contribution in [1.82, 2.24) is 9.80 Å². The number of carbonyl (C=O) groups excluding carboxylic acids is 1. The number of rotatable bonds is 8. The number of carboxylic acid groups (broad SMARTS) is 1. The maximum atomic E-state index is 13.4. The Bertz CT molecular complexity index is 917. The number of amides is 2. The molecule has 2 heterocycles. The molecular formula is C24H26N2O3S. The zero-order valence-electron chi connectivity index (χ0n) is 16.8. The highest BCUT2D eigenvalue weighted by Gasteiger charge is 2.50. The minimum Gasteiger partial charge on any atom is -0.481 e. The first-order valence-electron chi connectivity index (χ1n) is 10.3. The summed E-state index contributed by atoms with van der Waals surface area (Å²) in [6.07, 6.45) is 3.67. The fourth-order valence-corrected chi connectivity index (χ4v) is 5.60. The van der Waals surface area contributed by atoms with E-state index in [1.54, 1.807) is 11.8 Å². The van der Waals surface area contributed by atoms with Gasteiger partial charge in [0.25, 0.3) is 0 Å². The van der Waals surface area contributed by atoms with Gasteiger partial charge in [-0.2, -0.15) is 0 Å². The van der Waals surface area contributed by atoms with E-state index in [0.29, 0.717) is 19.5 Å². The summed E-state index contributed by atoms with van der Waals surface area (Å²) in [5.74, 6) is 0.111. The van der Waals surface area contributed by atoms with Gasteiger partial charge in [-0.05, 0) is 24.0 Å². The van der Waals surface area contributed by atoms with Gasteiger partial charge < -0.3 is 14.9 Å². The Hall–Kier alpha value is -2.73. The van der Waals surface area contributed by atoms with Crippen LogP contribution in [0.5, 0.6) is 0 Å². The molecule has 4 rings (SSSR count). The van der Waals surface area contributed by atoms with Gasteiger partial charge in [0.15, 0.2) is 0 Å². The van der Waals surface area contributed by atoms with Crippen molar-refractivity contribution in [3.63, 3.8) is 0 Å². The van der Waals surface area contributed by atoms with Gasteiger partial charge in [-0.25, -0.2) is 4.79 Å². The number of benzene rings is 2. The van der Waals surface area contributed by atoms with E-state index in [9.17, 15) is 9.59 Å². The van der Waals surface area contributed by atoms with Crippen LogP contribution >= 0.6 is 11.8 Å². The molecule has 2 aromatic rings. The minimum absolute atomic E-state index is 0.0382. The van der Waals surface area contributed by atoms with E-state index in [0.717, 1.165) is 23.3 Å². The zero-order valence-corrected chi connectivity index (χ0v) is 17.6. The van der Waals surface area contributed by atoms with Gasteiger partial charge in [-0.15, -0.1) is 11.8 Å². The number of carboxylic acids is 1. The Morgan fingerprint density at radius 2 is 1.60 bits per heavy atom. The number of hydrogen-bond donors (Lipinski definition) is 1. The number of nitrogens with zero attached hydrogens (tertiary/aromatic N) is 2. The monoisotopic (exact) mass is 422 g/mol. The van der Waals surface area contributed by atoms with Crippen LogP contribution in [-0.2, 0) is 17.9 Å². The summed E-state index contributed by atoms with van der Waals surface area (Å²) < 4.78 is 0. The van der Waals surface area contributed by atoms with Gasteiger partial charge in [0, 0.05) is 30.2 Å². The maximum absolute atomic E-state index is 13.4. The van der Waals surface area contributed by atoms with Crippen LogP contribution in [0.3, 0.4) is 0 Å². The average molecular weight is 423 g/mol. The van der Waals surface area contributed by atoms with Crippen LogP contribution in [0.2, 0.25) is 0 Å². The smallest absolute Gasteiger partial charge is 0.321 e. The van der Waals surface area contributed by atoms with Crippen molar-refractivity contribution in [3.8, 4) is 0 Å². The summed E-state index contributed by atoms with van der Waals surface area (Å²) in [7, 11) is 0. The molecule has 2 atom stereocenters. The molecule has 0 spiro atoms. The van der Waals surface area contributed by atoms with Gasteiger partial charge in [0.2, 0.25) is 0 Å². The Morgan fingerprint density at radius 3 is 2.20 bits per heavy atom.